The number of carbonyl (C=O) groups is 2. The van der Waals surface area contributed by atoms with Gasteiger partial charge in [-0.05, 0) is 48.1 Å². The number of alkyl halides is 2. The van der Waals surface area contributed by atoms with Crippen LogP contribution in [0.15, 0.2) is 17.3 Å². The molecule has 2 unspecified atom stereocenters. The molecule has 0 saturated carbocycles. The summed E-state index contributed by atoms with van der Waals surface area (Å²) in [4.78, 5) is 29.1. The molecule has 0 spiro atoms. The van der Waals surface area contributed by atoms with Gasteiger partial charge < -0.3 is 15.9 Å². The van der Waals surface area contributed by atoms with Crippen molar-refractivity contribution in [2.75, 3.05) is 12.8 Å². The summed E-state index contributed by atoms with van der Waals surface area (Å²) in [5, 5.41) is 6.30. The lowest BCUT2D eigenvalue weighted by Gasteiger charge is -2.28. The van der Waals surface area contributed by atoms with Gasteiger partial charge in [0.2, 0.25) is 9.96 Å². The van der Waals surface area contributed by atoms with Gasteiger partial charge in [0.15, 0.2) is 0 Å². The summed E-state index contributed by atoms with van der Waals surface area (Å²) < 4.78 is 11.7. The van der Waals surface area contributed by atoms with Crippen molar-refractivity contribution in [3.63, 3.8) is 0 Å². The van der Waals surface area contributed by atoms with Gasteiger partial charge in [-0.25, -0.2) is 4.39 Å². The largest absolute Gasteiger partial charge is 0.399 e. The van der Waals surface area contributed by atoms with Crippen molar-refractivity contribution in [3.05, 3.63) is 28.3 Å². The van der Waals surface area contributed by atoms with E-state index in [0.29, 0.717) is 5.56 Å². The third kappa shape index (κ3) is 4.79. The molecular weight excluding hydrogens is 452 g/mol. The van der Waals surface area contributed by atoms with Crippen LogP contribution in [0.25, 0.3) is 0 Å². The number of nitrogens with one attached hydrogen (secondary N) is 1. The van der Waals surface area contributed by atoms with Gasteiger partial charge in [-0.15, -0.1) is 0 Å². The Kier molecular flexibility index (Phi) is 7.40. The van der Waals surface area contributed by atoms with Gasteiger partial charge in [0.1, 0.15) is 7.11 Å². The number of benzene rings is 1. The Balaban J connectivity index is 3.17. The van der Waals surface area contributed by atoms with Crippen molar-refractivity contribution >= 4 is 57.8 Å². The molecule has 1 rings (SSSR count). The van der Waals surface area contributed by atoms with Crippen LogP contribution in [0.2, 0.25) is 5.02 Å². The highest BCUT2D eigenvalue weighted by Gasteiger charge is 2.37. The minimum Gasteiger partial charge on any atom is -0.399 e. The van der Waals surface area contributed by atoms with E-state index in [2.05, 4.69) is 15.3 Å². The summed E-state index contributed by atoms with van der Waals surface area (Å²) in [5.41, 5.74) is 5.28. The van der Waals surface area contributed by atoms with Crippen LogP contribution in [-0.2, 0) is 9.63 Å². The fourth-order valence-corrected chi connectivity index (χ4v) is 2.79. The third-order valence-corrected chi connectivity index (χ3v) is 4.44. The highest BCUT2D eigenvalue weighted by atomic mass is 127. The molecule has 3 N–H and O–H groups in total. The Morgan fingerprint density at radius 1 is 1.58 bits per heavy atom. The number of hydrogen-bond acceptors (Lipinski definition) is 5. The quantitative estimate of drug-likeness (QED) is 0.211. The minimum absolute atomic E-state index is 0.155. The van der Waals surface area contributed by atoms with Crippen LogP contribution in [0, 0.1) is 0 Å². The Labute approximate surface area is 158 Å². The van der Waals surface area contributed by atoms with Crippen molar-refractivity contribution in [2.45, 2.75) is 30.0 Å². The number of ketones is 1. The van der Waals surface area contributed by atoms with E-state index in [1.807, 2.05) is 0 Å². The molecule has 0 aliphatic carbocycles. The van der Waals surface area contributed by atoms with Crippen LogP contribution in [0.5, 0.6) is 0 Å². The number of carbonyl (C=O) groups excluding carboxylic acids is 2. The predicted molar refractivity (Wildman–Crippen MR) is 101 cm³/mol. The fourth-order valence-electron chi connectivity index (χ4n) is 1.87. The van der Waals surface area contributed by atoms with Gasteiger partial charge in [0.05, 0.1) is 22.5 Å². The van der Waals surface area contributed by atoms with Crippen molar-refractivity contribution in [3.8, 4) is 0 Å². The molecule has 9 heteroatoms. The van der Waals surface area contributed by atoms with E-state index in [1.165, 1.54) is 55.0 Å². The number of nitrogens with two attached hydrogens (primary N) is 1. The lowest BCUT2D eigenvalue weighted by molar-refractivity contribution is -0.126. The normalized spacial score (nSPS) is 14.9. The van der Waals surface area contributed by atoms with Crippen molar-refractivity contribution in [2.24, 2.45) is 5.16 Å². The minimum atomic E-state index is -1.72. The van der Waals surface area contributed by atoms with E-state index in [0.717, 1.165) is 0 Å². The molecule has 1 aromatic carbocycles. The Morgan fingerprint density at radius 3 is 2.71 bits per heavy atom. The smallest absolute Gasteiger partial charge is 0.252 e. The van der Waals surface area contributed by atoms with Crippen LogP contribution < -0.4 is 11.1 Å². The molecule has 0 saturated heterocycles. The molecule has 0 radical (unpaired) electrons. The second kappa shape index (κ2) is 8.61. The van der Waals surface area contributed by atoms with Crippen molar-refractivity contribution in [1.29, 1.82) is 0 Å². The molecule has 0 aliphatic rings. The molecule has 2 atom stereocenters. The standard InChI is InChI=1S/C15H18ClFIN3O3/c1-4-15(2,12(22)13(17)18)21-14(23)8-5-9(7-20-24-3)11(19)10(16)6-8/h5-7,13H,4,19H2,1-3H3,(H,21,23). The highest BCUT2D eigenvalue weighted by Crippen LogP contribution is 2.25. The molecule has 0 fully saturated rings. The van der Waals surface area contributed by atoms with Crippen molar-refractivity contribution in [1.82, 2.24) is 5.32 Å². The van der Waals surface area contributed by atoms with E-state index < -0.39 is 21.4 Å². The number of amides is 1. The lowest BCUT2D eigenvalue weighted by Crippen LogP contribution is -2.53. The van der Waals surface area contributed by atoms with Gasteiger partial charge in [0.25, 0.3) is 5.91 Å². The molecule has 0 aliphatic heterocycles. The topological polar surface area (TPSA) is 93.8 Å². The predicted octanol–water partition coefficient (Wildman–Crippen LogP) is 3.10. The first-order chi connectivity index (χ1) is 11.2. The SMILES string of the molecule is CCC(C)(NC(=O)c1cc(Cl)c(N)c(C=NOC)c1)C(=O)C(F)I. The van der Waals surface area contributed by atoms with Crippen LogP contribution in [0.3, 0.4) is 0 Å². The molecule has 0 bridgehead atoms. The Hall–Kier alpha value is -1.42. The first-order valence-corrected chi connectivity index (χ1v) is 8.59. The zero-order valence-corrected chi connectivity index (χ0v) is 16.3. The number of anilines is 1. The van der Waals surface area contributed by atoms with E-state index in [-0.39, 0.29) is 22.7 Å². The summed E-state index contributed by atoms with van der Waals surface area (Å²) in [6.45, 7) is 3.16. The summed E-state index contributed by atoms with van der Waals surface area (Å²) >= 11 is 7.40. The molecule has 6 nitrogen and oxygen atoms in total. The second-order valence-corrected chi connectivity index (χ2v) is 6.68. The van der Waals surface area contributed by atoms with E-state index in [4.69, 9.17) is 17.3 Å². The molecule has 0 aromatic heterocycles. The van der Waals surface area contributed by atoms with Gasteiger partial charge in [0, 0.05) is 11.1 Å². The fraction of sp³-hybridized carbons (Fsp3) is 0.400. The van der Waals surface area contributed by atoms with E-state index >= 15 is 0 Å². The third-order valence-electron chi connectivity index (χ3n) is 3.56. The van der Waals surface area contributed by atoms with Crippen LogP contribution in [0.4, 0.5) is 10.1 Å². The first-order valence-electron chi connectivity index (χ1n) is 6.96. The number of oxime groups is 1. The number of Topliss-reactive ketones (excluding diaryl/α,β-unsaturated/α-hetero) is 1. The molecule has 1 aromatic rings. The van der Waals surface area contributed by atoms with Gasteiger partial charge in [-0.3, -0.25) is 9.59 Å². The summed E-state index contributed by atoms with van der Waals surface area (Å²) in [6, 6.07) is 2.82. The maximum atomic E-state index is 13.4. The molecule has 132 valence electrons. The number of rotatable bonds is 7. The Bertz CT molecular complexity index is 670. The lowest BCUT2D eigenvalue weighted by atomic mass is 9.93. The highest BCUT2D eigenvalue weighted by molar-refractivity contribution is 14.1. The zero-order valence-electron chi connectivity index (χ0n) is 13.4. The van der Waals surface area contributed by atoms with Crippen LogP contribution >= 0.6 is 34.2 Å². The molecular formula is C15H18ClFIN3O3. The van der Waals surface area contributed by atoms with Gasteiger partial charge in [-0.2, -0.15) is 0 Å². The molecule has 24 heavy (non-hydrogen) atoms. The van der Waals surface area contributed by atoms with Crippen molar-refractivity contribution < 1.29 is 18.8 Å². The summed E-state index contributed by atoms with van der Waals surface area (Å²) in [5.74, 6) is -1.28. The number of nitrogens with zero attached hydrogens (tertiary/aromatic N) is 1. The summed E-state index contributed by atoms with van der Waals surface area (Å²) in [6.07, 6.45) is 1.55. The molecule has 1 amide bonds. The van der Waals surface area contributed by atoms with Crippen LogP contribution in [-0.4, -0.2) is 34.7 Å². The number of hydrogen-bond donors (Lipinski definition) is 2. The maximum absolute atomic E-state index is 13.4. The average Bonchev–Trinajstić information content (AvgIpc) is 2.54. The number of nitrogen functional groups attached to an aromatic ring is 1. The maximum Gasteiger partial charge on any atom is 0.252 e. The van der Waals surface area contributed by atoms with E-state index in [1.54, 1.807) is 6.92 Å². The molecule has 0 heterocycles. The first kappa shape index (κ1) is 20.6. The second-order valence-electron chi connectivity index (χ2n) is 5.18. The Morgan fingerprint density at radius 2 is 2.21 bits per heavy atom. The number of halogens is 3. The van der Waals surface area contributed by atoms with Gasteiger partial charge in [-0.1, -0.05) is 23.7 Å². The van der Waals surface area contributed by atoms with E-state index in [9.17, 15) is 14.0 Å². The monoisotopic (exact) mass is 469 g/mol. The van der Waals surface area contributed by atoms with Gasteiger partial charge >= 0.3 is 0 Å². The van der Waals surface area contributed by atoms with Crippen LogP contribution in [0.1, 0.15) is 36.2 Å². The average molecular weight is 470 g/mol. The summed E-state index contributed by atoms with van der Waals surface area (Å²) in [7, 11) is 1.36. The zero-order chi connectivity index (χ0) is 18.5.